The SMILES string of the molecule is CCOC(=O)c1ncsc1Nc1cc(OC)cc(OC)c1. The van der Waals surface area contributed by atoms with E-state index in [0.29, 0.717) is 23.1 Å². The van der Waals surface area contributed by atoms with E-state index in [4.69, 9.17) is 14.2 Å². The number of esters is 1. The molecule has 0 saturated heterocycles. The van der Waals surface area contributed by atoms with E-state index < -0.39 is 5.97 Å². The van der Waals surface area contributed by atoms with Gasteiger partial charge in [-0.15, -0.1) is 11.3 Å². The third-order valence-electron chi connectivity index (χ3n) is 2.65. The first kappa shape index (κ1) is 15.1. The minimum absolute atomic E-state index is 0.267. The summed E-state index contributed by atoms with van der Waals surface area (Å²) in [5.74, 6) is 0.856. The molecule has 0 unspecified atom stereocenters. The molecule has 2 aromatic rings. The second-order valence-electron chi connectivity index (χ2n) is 3.98. The van der Waals surface area contributed by atoms with E-state index in [9.17, 15) is 4.79 Å². The Labute approximate surface area is 126 Å². The fourth-order valence-corrected chi connectivity index (χ4v) is 2.38. The van der Waals surface area contributed by atoms with E-state index in [2.05, 4.69) is 10.3 Å². The van der Waals surface area contributed by atoms with Crippen LogP contribution in [0.1, 0.15) is 17.4 Å². The van der Waals surface area contributed by atoms with E-state index in [1.807, 2.05) is 0 Å². The number of anilines is 2. The second-order valence-corrected chi connectivity index (χ2v) is 4.83. The zero-order chi connectivity index (χ0) is 15.2. The molecule has 1 aromatic carbocycles. The fraction of sp³-hybridized carbons (Fsp3) is 0.286. The van der Waals surface area contributed by atoms with E-state index in [1.54, 1.807) is 44.9 Å². The molecule has 0 bridgehead atoms. The first-order valence-corrected chi connectivity index (χ1v) is 7.16. The van der Waals surface area contributed by atoms with Crippen molar-refractivity contribution in [3.8, 4) is 11.5 Å². The number of thiazole rings is 1. The van der Waals surface area contributed by atoms with Crippen molar-refractivity contribution in [1.82, 2.24) is 4.98 Å². The molecule has 0 fully saturated rings. The van der Waals surface area contributed by atoms with Crippen LogP contribution in [-0.2, 0) is 4.74 Å². The number of benzene rings is 1. The molecule has 0 aliphatic rings. The van der Waals surface area contributed by atoms with Crippen LogP contribution >= 0.6 is 11.3 Å². The van der Waals surface area contributed by atoms with Crippen molar-refractivity contribution in [2.24, 2.45) is 0 Å². The molecule has 6 nitrogen and oxygen atoms in total. The number of ether oxygens (including phenoxy) is 3. The van der Waals surface area contributed by atoms with Crippen LogP contribution < -0.4 is 14.8 Å². The van der Waals surface area contributed by atoms with Crippen molar-refractivity contribution >= 4 is 28.0 Å². The lowest BCUT2D eigenvalue weighted by molar-refractivity contribution is 0.0521. The maximum Gasteiger partial charge on any atom is 0.360 e. The number of hydrogen-bond acceptors (Lipinski definition) is 7. The highest BCUT2D eigenvalue weighted by molar-refractivity contribution is 7.14. The smallest absolute Gasteiger partial charge is 0.360 e. The van der Waals surface area contributed by atoms with Gasteiger partial charge in [0.05, 0.1) is 26.3 Å². The molecule has 0 aliphatic heterocycles. The molecule has 0 saturated carbocycles. The molecule has 0 spiro atoms. The van der Waals surface area contributed by atoms with E-state index in [0.717, 1.165) is 5.69 Å². The predicted molar refractivity (Wildman–Crippen MR) is 80.9 cm³/mol. The van der Waals surface area contributed by atoms with Crippen LogP contribution in [0.4, 0.5) is 10.7 Å². The van der Waals surface area contributed by atoms with Gasteiger partial charge in [0.25, 0.3) is 0 Å². The van der Waals surface area contributed by atoms with Crippen LogP contribution in [-0.4, -0.2) is 31.8 Å². The number of rotatable bonds is 6. The number of methoxy groups -OCH3 is 2. The summed E-state index contributed by atoms with van der Waals surface area (Å²) in [4.78, 5) is 15.8. The highest BCUT2D eigenvalue weighted by atomic mass is 32.1. The minimum Gasteiger partial charge on any atom is -0.497 e. The van der Waals surface area contributed by atoms with Crippen molar-refractivity contribution in [3.05, 3.63) is 29.4 Å². The molecule has 2 rings (SSSR count). The lowest BCUT2D eigenvalue weighted by Gasteiger charge is -2.10. The molecule has 0 amide bonds. The molecular formula is C14H16N2O4S. The first-order chi connectivity index (χ1) is 10.2. The highest BCUT2D eigenvalue weighted by Gasteiger charge is 2.16. The third kappa shape index (κ3) is 3.63. The molecular weight excluding hydrogens is 292 g/mol. The summed E-state index contributed by atoms with van der Waals surface area (Å²) in [5.41, 5.74) is 2.59. The quantitative estimate of drug-likeness (QED) is 0.827. The van der Waals surface area contributed by atoms with Gasteiger partial charge in [-0.1, -0.05) is 0 Å². The summed E-state index contributed by atoms with van der Waals surface area (Å²) in [6, 6.07) is 5.37. The van der Waals surface area contributed by atoms with Gasteiger partial charge >= 0.3 is 5.97 Å². The molecule has 0 aliphatic carbocycles. The van der Waals surface area contributed by atoms with E-state index >= 15 is 0 Å². The van der Waals surface area contributed by atoms with Gasteiger partial charge in [0.2, 0.25) is 0 Å². The lowest BCUT2D eigenvalue weighted by Crippen LogP contribution is -2.07. The molecule has 0 atom stereocenters. The van der Waals surface area contributed by atoms with Crippen LogP contribution in [0.25, 0.3) is 0 Å². The molecule has 112 valence electrons. The maximum atomic E-state index is 11.8. The van der Waals surface area contributed by atoms with Gasteiger partial charge < -0.3 is 19.5 Å². The second kappa shape index (κ2) is 6.94. The molecule has 1 heterocycles. The largest absolute Gasteiger partial charge is 0.497 e. The molecule has 0 radical (unpaired) electrons. The normalized spacial score (nSPS) is 10.0. The summed E-state index contributed by atoms with van der Waals surface area (Å²) in [6.45, 7) is 2.06. The Morgan fingerprint density at radius 2 is 1.90 bits per heavy atom. The Balaban J connectivity index is 2.26. The van der Waals surface area contributed by atoms with E-state index in [1.165, 1.54) is 11.3 Å². The van der Waals surface area contributed by atoms with Gasteiger partial charge in [0.1, 0.15) is 16.5 Å². The summed E-state index contributed by atoms with van der Waals surface area (Å²) in [7, 11) is 3.16. The molecule has 1 N–H and O–H groups in total. The average Bonchev–Trinajstić information content (AvgIpc) is 2.95. The van der Waals surface area contributed by atoms with Crippen LogP contribution in [0.5, 0.6) is 11.5 Å². The van der Waals surface area contributed by atoms with Crippen molar-refractivity contribution in [2.45, 2.75) is 6.92 Å². The van der Waals surface area contributed by atoms with E-state index in [-0.39, 0.29) is 5.69 Å². The number of carbonyl (C=O) groups excluding carboxylic acids is 1. The van der Waals surface area contributed by atoms with Gasteiger partial charge in [0, 0.05) is 23.9 Å². The Morgan fingerprint density at radius 3 is 2.48 bits per heavy atom. The number of hydrogen-bond donors (Lipinski definition) is 1. The molecule has 7 heteroatoms. The predicted octanol–water partition coefficient (Wildman–Crippen LogP) is 3.08. The van der Waals surface area contributed by atoms with Crippen LogP contribution in [0, 0.1) is 0 Å². The Bertz CT molecular complexity index is 605. The van der Waals surface area contributed by atoms with Crippen molar-refractivity contribution in [1.29, 1.82) is 0 Å². The molecule has 1 aromatic heterocycles. The first-order valence-electron chi connectivity index (χ1n) is 6.28. The van der Waals surface area contributed by atoms with Crippen LogP contribution in [0.2, 0.25) is 0 Å². The van der Waals surface area contributed by atoms with Gasteiger partial charge in [-0.05, 0) is 6.92 Å². The topological polar surface area (TPSA) is 69.7 Å². The Morgan fingerprint density at radius 1 is 1.24 bits per heavy atom. The Hall–Kier alpha value is -2.28. The zero-order valence-corrected chi connectivity index (χ0v) is 12.8. The van der Waals surface area contributed by atoms with Crippen molar-refractivity contribution in [2.75, 3.05) is 26.1 Å². The number of carbonyl (C=O) groups is 1. The van der Waals surface area contributed by atoms with Crippen LogP contribution in [0.15, 0.2) is 23.7 Å². The standard InChI is InChI=1S/C14H16N2O4S/c1-4-20-14(17)12-13(21-8-15-12)16-9-5-10(18-2)7-11(6-9)19-3/h5-8,16H,4H2,1-3H3. The summed E-state index contributed by atoms with van der Waals surface area (Å²) in [5, 5.41) is 3.75. The lowest BCUT2D eigenvalue weighted by atomic mass is 10.2. The fourth-order valence-electron chi connectivity index (χ4n) is 1.69. The van der Waals surface area contributed by atoms with Gasteiger partial charge in [-0.25, -0.2) is 9.78 Å². The van der Waals surface area contributed by atoms with Crippen LogP contribution in [0.3, 0.4) is 0 Å². The van der Waals surface area contributed by atoms with Gasteiger partial charge in [0.15, 0.2) is 5.69 Å². The Kier molecular flexibility index (Phi) is 4.99. The monoisotopic (exact) mass is 308 g/mol. The van der Waals surface area contributed by atoms with Gasteiger partial charge in [-0.3, -0.25) is 0 Å². The molecule has 21 heavy (non-hydrogen) atoms. The maximum absolute atomic E-state index is 11.8. The zero-order valence-electron chi connectivity index (χ0n) is 12.0. The summed E-state index contributed by atoms with van der Waals surface area (Å²) >= 11 is 1.32. The number of nitrogens with zero attached hydrogens (tertiary/aromatic N) is 1. The highest BCUT2D eigenvalue weighted by Crippen LogP contribution is 2.31. The number of nitrogens with one attached hydrogen (secondary N) is 1. The summed E-state index contributed by atoms with van der Waals surface area (Å²) < 4.78 is 15.4. The van der Waals surface area contributed by atoms with Gasteiger partial charge in [-0.2, -0.15) is 0 Å². The third-order valence-corrected chi connectivity index (χ3v) is 3.39. The summed E-state index contributed by atoms with van der Waals surface area (Å²) in [6.07, 6.45) is 0. The minimum atomic E-state index is -0.448. The number of aromatic nitrogens is 1. The van der Waals surface area contributed by atoms with Crippen molar-refractivity contribution < 1.29 is 19.0 Å². The average molecular weight is 308 g/mol. The van der Waals surface area contributed by atoms with Crippen molar-refractivity contribution in [3.63, 3.8) is 0 Å².